The smallest absolute Gasteiger partial charge is 0.336 e. The summed E-state index contributed by atoms with van der Waals surface area (Å²) in [5.41, 5.74) is 2.36. The highest BCUT2D eigenvalue weighted by Crippen LogP contribution is 2.17. The van der Waals surface area contributed by atoms with E-state index in [0.29, 0.717) is 5.69 Å². The van der Waals surface area contributed by atoms with Gasteiger partial charge in [0.15, 0.2) is 0 Å². The fourth-order valence-electron chi connectivity index (χ4n) is 2.01. The third kappa shape index (κ3) is 2.03. The van der Waals surface area contributed by atoms with Gasteiger partial charge in [0.1, 0.15) is 0 Å². The van der Waals surface area contributed by atoms with E-state index in [0.717, 1.165) is 11.1 Å². The number of nitrogens with zero attached hydrogens (tertiary/aromatic N) is 2. The van der Waals surface area contributed by atoms with Crippen molar-refractivity contribution >= 4 is 0 Å². The van der Waals surface area contributed by atoms with Gasteiger partial charge in [0, 0.05) is 0 Å². The van der Waals surface area contributed by atoms with Crippen molar-refractivity contribution in [1.29, 1.82) is 0 Å². The van der Waals surface area contributed by atoms with Gasteiger partial charge in [0.2, 0.25) is 5.88 Å². The van der Waals surface area contributed by atoms with Crippen LogP contribution >= 0.6 is 0 Å². The van der Waals surface area contributed by atoms with Crippen molar-refractivity contribution in [3.63, 3.8) is 0 Å². The van der Waals surface area contributed by atoms with Crippen LogP contribution in [0.4, 0.5) is 0 Å². The number of benzene rings is 1. The number of aryl methyl sites for hydroxylation is 2. The standard InChI is InChI=1S/C14H14N2O2/c1-4-5-15-9-13(17)16(14(15)18)12-7-10(2)6-11(3)8-12/h1,6-9,17H,5H2,2-3H3. The maximum absolute atomic E-state index is 12.1. The molecule has 2 rings (SSSR count). The molecule has 0 aliphatic rings. The van der Waals surface area contributed by atoms with Crippen LogP contribution in [-0.2, 0) is 6.54 Å². The Morgan fingerprint density at radius 3 is 2.44 bits per heavy atom. The average molecular weight is 242 g/mol. The fourth-order valence-corrected chi connectivity index (χ4v) is 2.01. The first kappa shape index (κ1) is 12.1. The largest absolute Gasteiger partial charge is 0.493 e. The molecular weight excluding hydrogens is 228 g/mol. The molecule has 0 saturated heterocycles. The molecule has 1 aromatic heterocycles. The Morgan fingerprint density at radius 1 is 1.28 bits per heavy atom. The van der Waals surface area contributed by atoms with Gasteiger partial charge in [-0.2, -0.15) is 0 Å². The number of hydrogen-bond donors (Lipinski definition) is 1. The summed E-state index contributed by atoms with van der Waals surface area (Å²) in [5.74, 6) is 2.27. The molecule has 0 aliphatic carbocycles. The lowest BCUT2D eigenvalue weighted by Gasteiger charge is -2.05. The lowest BCUT2D eigenvalue weighted by Crippen LogP contribution is -2.22. The Balaban J connectivity index is 2.64. The van der Waals surface area contributed by atoms with Crippen molar-refractivity contribution in [2.75, 3.05) is 0 Å². The summed E-state index contributed by atoms with van der Waals surface area (Å²) in [6, 6.07) is 5.69. The van der Waals surface area contributed by atoms with Gasteiger partial charge in [0.25, 0.3) is 0 Å². The first-order chi connectivity index (χ1) is 8.52. The van der Waals surface area contributed by atoms with E-state index in [1.54, 1.807) is 0 Å². The maximum Gasteiger partial charge on any atom is 0.336 e. The minimum atomic E-state index is -0.338. The Labute approximate surface area is 105 Å². The molecule has 4 heteroatoms. The molecule has 18 heavy (non-hydrogen) atoms. The summed E-state index contributed by atoms with van der Waals surface area (Å²) in [6.07, 6.45) is 6.52. The zero-order valence-corrected chi connectivity index (χ0v) is 10.3. The first-order valence-electron chi connectivity index (χ1n) is 5.56. The number of terminal acetylenes is 1. The Hall–Kier alpha value is -2.41. The monoisotopic (exact) mass is 242 g/mol. The van der Waals surface area contributed by atoms with Crippen LogP contribution < -0.4 is 5.69 Å². The van der Waals surface area contributed by atoms with E-state index in [-0.39, 0.29) is 18.1 Å². The highest BCUT2D eigenvalue weighted by Gasteiger charge is 2.11. The van der Waals surface area contributed by atoms with Crippen LogP contribution in [0.25, 0.3) is 5.69 Å². The summed E-state index contributed by atoms with van der Waals surface area (Å²) >= 11 is 0. The lowest BCUT2D eigenvalue weighted by atomic mass is 10.1. The van der Waals surface area contributed by atoms with Crippen LogP contribution in [-0.4, -0.2) is 14.2 Å². The van der Waals surface area contributed by atoms with Crippen molar-refractivity contribution in [1.82, 2.24) is 9.13 Å². The molecule has 0 bridgehead atoms. The SMILES string of the molecule is C#CCn1cc(O)n(-c2cc(C)cc(C)c2)c1=O. The second-order valence-corrected chi connectivity index (χ2v) is 4.28. The molecule has 4 nitrogen and oxygen atoms in total. The van der Waals surface area contributed by atoms with Crippen molar-refractivity contribution in [2.45, 2.75) is 20.4 Å². The fraction of sp³-hybridized carbons (Fsp3) is 0.214. The van der Waals surface area contributed by atoms with Crippen molar-refractivity contribution < 1.29 is 5.11 Å². The number of aromatic hydroxyl groups is 1. The average Bonchev–Trinajstić information content (AvgIpc) is 2.53. The van der Waals surface area contributed by atoms with Gasteiger partial charge in [-0.25, -0.2) is 9.36 Å². The molecule has 92 valence electrons. The first-order valence-corrected chi connectivity index (χ1v) is 5.56. The van der Waals surface area contributed by atoms with Gasteiger partial charge in [-0.15, -0.1) is 6.42 Å². The third-order valence-corrected chi connectivity index (χ3v) is 2.66. The van der Waals surface area contributed by atoms with Gasteiger partial charge in [-0.05, 0) is 37.1 Å². The van der Waals surface area contributed by atoms with E-state index >= 15 is 0 Å². The molecule has 0 fully saturated rings. The Kier molecular flexibility index (Phi) is 2.99. The van der Waals surface area contributed by atoms with Crippen molar-refractivity contribution in [3.05, 3.63) is 46.0 Å². The summed E-state index contributed by atoms with van der Waals surface area (Å²) in [6.45, 7) is 4.03. The van der Waals surface area contributed by atoms with Crippen LogP contribution in [0.1, 0.15) is 11.1 Å². The summed E-state index contributed by atoms with van der Waals surface area (Å²) in [4.78, 5) is 12.1. The van der Waals surface area contributed by atoms with Crippen LogP contribution in [0.5, 0.6) is 5.88 Å². The molecule has 0 atom stereocenters. The number of rotatable bonds is 2. The van der Waals surface area contributed by atoms with Crippen LogP contribution in [0.15, 0.2) is 29.2 Å². The van der Waals surface area contributed by atoms with Gasteiger partial charge >= 0.3 is 5.69 Å². The quantitative estimate of drug-likeness (QED) is 0.813. The van der Waals surface area contributed by atoms with Gasteiger partial charge < -0.3 is 5.11 Å². The zero-order valence-electron chi connectivity index (χ0n) is 10.3. The predicted octanol–water partition coefficient (Wildman–Crippen LogP) is 1.59. The molecule has 1 N–H and O–H groups in total. The third-order valence-electron chi connectivity index (χ3n) is 2.66. The van der Waals surface area contributed by atoms with Gasteiger partial charge in [-0.3, -0.25) is 4.57 Å². The summed E-state index contributed by atoms with van der Waals surface area (Å²) < 4.78 is 2.55. The normalized spacial score (nSPS) is 10.3. The molecular formula is C14H14N2O2. The van der Waals surface area contributed by atoms with Crippen molar-refractivity contribution in [2.24, 2.45) is 0 Å². The van der Waals surface area contributed by atoms with Crippen LogP contribution in [0.3, 0.4) is 0 Å². The van der Waals surface area contributed by atoms with Gasteiger partial charge in [0.05, 0.1) is 18.4 Å². The highest BCUT2D eigenvalue weighted by molar-refractivity contribution is 5.41. The van der Waals surface area contributed by atoms with Crippen LogP contribution in [0.2, 0.25) is 0 Å². The Morgan fingerprint density at radius 2 is 1.89 bits per heavy atom. The molecule has 0 radical (unpaired) electrons. The van der Waals surface area contributed by atoms with E-state index in [9.17, 15) is 9.90 Å². The highest BCUT2D eigenvalue weighted by atomic mass is 16.3. The molecule has 0 spiro atoms. The summed E-state index contributed by atoms with van der Waals surface area (Å²) in [5, 5.41) is 9.85. The van der Waals surface area contributed by atoms with E-state index < -0.39 is 0 Å². The molecule has 0 saturated carbocycles. The van der Waals surface area contributed by atoms with E-state index in [4.69, 9.17) is 6.42 Å². The molecule has 0 aliphatic heterocycles. The molecule has 2 aromatic rings. The number of hydrogen-bond acceptors (Lipinski definition) is 2. The number of aromatic nitrogens is 2. The second-order valence-electron chi connectivity index (χ2n) is 4.28. The van der Waals surface area contributed by atoms with Crippen molar-refractivity contribution in [3.8, 4) is 23.9 Å². The Bertz CT molecular complexity index is 667. The lowest BCUT2D eigenvalue weighted by molar-refractivity contribution is 0.441. The molecule has 1 heterocycles. The van der Waals surface area contributed by atoms with E-state index in [1.165, 1.54) is 15.3 Å². The van der Waals surface area contributed by atoms with Gasteiger partial charge in [-0.1, -0.05) is 12.0 Å². The maximum atomic E-state index is 12.1. The second kappa shape index (κ2) is 4.46. The zero-order chi connectivity index (χ0) is 13.3. The van der Waals surface area contributed by atoms with E-state index in [1.807, 2.05) is 32.0 Å². The molecule has 0 unspecified atom stereocenters. The minimum absolute atomic E-state index is 0.111. The topological polar surface area (TPSA) is 47.2 Å². The van der Waals surface area contributed by atoms with E-state index in [2.05, 4.69) is 5.92 Å². The predicted molar refractivity (Wildman–Crippen MR) is 70.0 cm³/mol. The van der Waals surface area contributed by atoms with Crippen LogP contribution in [0, 0.1) is 26.2 Å². The summed E-state index contributed by atoms with van der Waals surface area (Å²) in [7, 11) is 0. The minimum Gasteiger partial charge on any atom is -0.493 e. The molecule has 1 aromatic carbocycles. The molecule has 0 amide bonds. The number of imidazole rings is 1.